The van der Waals surface area contributed by atoms with Gasteiger partial charge in [0.2, 0.25) is 0 Å². The van der Waals surface area contributed by atoms with Gasteiger partial charge in [0.15, 0.2) is 5.79 Å². The third-order valence-corrected chi connectivity index (χ3v) is 4.26. The van der Waals surface area contributed by atoms with Crippen LogP contribution in [-0.4, -0.2) is 31.1 Å². The maximum Gasteiger partial charge on any atom is 0.168 e. The molecule has 0 unspecified atom stereocenters. The highest BCUT2D eigenvalue weighted by atomic mass is 16.7. The summed E-state index contributed by atoms with van der Waals surface area (Å²) in [6, 6.07) is 0.481. The molecule has 2 saturated carbocycles. The summed E-state index contributed by atoms with van der Waals surface area (Å²) >= 11 is 0. The van der Waals surface area contributed by atoms with Crippen molar-refractivity contribution in [3.8, 4) is 0 Å². The van der Waals surface area contributed by atoms with E-state index in [1.807, 2.05) is 0 Å². The zero-order valence-electron chi connectivity index (χ0n) is 10.5. The van der Waals surface area contributed by atoms with Crippen LogP contribution in [0.25, 0.3) is 0 Å². The Kier molecular flexibility index (Phi) is 3.66. The predicted octanol–water partition coefficient (Wildman–Crippen LogP) is 2.14. The van der Waals surface area contributed by atoms with Crippen molar-refractivity contribution in [3.05, 3.63) is 0 Å². The maximum atomic E-state index is 5.76. The van der Waals surface area contributed by atoms with E-state index in [1.54, 1.807) is 0 Å². The minimum atomic E-state index is -0.245. The fourth-order valence-corrected chi connectivity index (χ4v) is 3.16. The minimum absolute atomic E-state index is 0.245. The molecule has 0 amide bonds. The van der Waals surface area contributed by atoms with Crippen molar-refractivity contribution < 1.29 is 14.3 Å². The van der Waals surface area contributed by atoms with E-state index < -0.39 is 0 Å². The average molecular weight is 241 g/mol. The lowest BCUT2D eigenvalue weighted by molar-refractivity contribution is -0.185. The first kappa shape index (κ1) is 11.9. The Balaban J connectivity index is 1.39. The van der Waals surface area contributed by atoms with Crippen LogP contribution < -0.4 is 5.48 Å². The molecular formula is C13H23NO3. The lowest BCUT2D eigenvalue weighted by Crippen LogP contribution is -2.42. The van der Waals surface area contributed by atoms with Gasteiger partial charge in [0, 0.05) is 18.9 Å². The molecule has 4 nitrogen and oxygen atoms in total. The molecule has 1 heterocycles. The van der Waals surface area contributed by atoms with Crippen molar-refractivity contribution in [1.82, 2.24) is 5.48 Å². The normalized spacial score (nSPS) is 30.4. The number of rotatable bonds is 3. The van der Waals surface area contributed by atoms with E-state index in [0.29, 0.717) is 12.1 Å². The van der Waals surface area contributed by atoms with Crippen LogP contribution in [0.2, 0.25) is 0 Å². The summed E-state index contributed by atoms with van der Waals surface area (Å²) in [6.07, 6.45) is 9.71. The Bertz CT molecular complexity index is 234. The highest BCUT2D eigenvalue weighted by Crippen LogP contribution is 2.35. The highest BCUT2D eigenvalue weighted by Gasteiger charge is 2.40. The molecule has 17 heavy (non-hydrogen) atoms. The lowest BCUT2D eigenvalue weighted by Gasteiger charge is -2.35. The Labute approximate surface area is 103 Å². The fraction of sp³-hybridized carbons (Fsp3) is 1.00. The van der Waals surface area contributed by atoms with Crippen molar-refractivity contribution in [2.45, 2.75) is 69.3 Å². The first-order valence-corrected chi connectivity index (χ1v) is 7.05. The SMILES string of the molecule is C1CCC(ONC2CCC3(CC2)OCCO3)C1. The monoisotopic (exact) mass is 241 g/mol. The molecular weight excluding hydrogens is 218 g/mol. The summed E-state index contributed by atoms with van der Waals surface area (Å²) in [7, 11) is 0. The Morgan fingerprint density at radius 1 is 0.941 bits per heavy atom. The van der Waals surface area contributed by atoms with Crippen molar-refractivity contribution in [3.63, 3.8) is 0 Å². The van der Waals surface area contributed by atoms with E-state index >= 15 is 0 Å². The van der Waals surface area contributed by atoms with Gasteiger partial charge < -0.3 is 9.47 Å². The topological polar surface area (TPSA) is 39.7 Å². The average Bonchev–Trinajstić information content (AvgIpc) is 3.01. The van der Waals surface area contributed by atoms with Gasteiger partial charge in [0.05, 0.1) is 19.3 Å². The quantitative estimate of drug-likeness (QED) is 0.768. The second-order valence-corrected chi connectivity index (χ2v) is 5.52. The van der Waals surface area contributed by atoms with Crippen LogP contribution in [0.15, 0.2) is 0 Å². The van der Waals surface area contributed by atoms with E-state index in [2.05, 4.69) is 5.48 Å². The Morgan fingerprint density at radius 2 is 1.59 bits per heavy atom. The second kappa shape index (κ2) is 5.22. The first-order chi connectivity index (χ1) is 8.36. The van der Waals surface area contributed by atoms with Crippen LogP contribution in [-0.2, 0) is 14.3 Å². The molecule has 1 spiro atoms. The third kappa shape index (κ3) is 2.81. The van der Waals surface area contributed by atoms with Crippen molar-refractivity contribution >= 4 is 0 Å². The van der Waals surface area contributed by atoms with Gasteiger partial charge in [-0.05, 0) is 25.7 Å². The van der Waals surface area contributed by atoms with Gasteiger partial charge in [0.25, 0.3) is 0 Å². The molecule has 3 aliphatic rings. The summed E-state index contributed by atoms with van der Waals surface area (Å²) in [6.45, 7) is 1.52. The number of hydrogen-bond acceptors (Lipinski definition) is 4. The minimum Gasteiger partial charge on any atom is -0.348 e. The summed E-state index contributed by atoms with van der Waals surface area (Å²) in [5.74, 6) is -0.245. The van der Waals surface area contributed by atoms with Gasteiger partial charge >= 0.3 is 0 Å². The smallest absolute Gasteiger partial charge is 0.168 e. The molecule has 1 N–H and O–H groups in total. The molecule has 0 aromatic heterocycles. The lowest BCUT2D eigenvalue weighted by atomic mass is 9.90. The molecule has 3 fully saturated rings. The first-order valence-electron chi connectivity index (χ1n) is 7.05. The molecule has 1 saturated heterocycles. The largest absolute Gasteiger partial charge is 0.348 e. The molecule has 4 heteroatoms. The van der Waals surface area contributed by atoms with E-state index in [1.165, 1.54) is 25.7 Å². The maximum absolute atomic E-state index is 5.76. The number of hydroxylamine groups is 1. The molecule has 1 aliphatic heterocycles. The van der Waals surface area contributed by atoms with E-state index in [9.17, 15) is 0 Å². The molecule has 2 aliphatic carbocycles. The predicted molar refractivity (Wildman–Crippen MR) is 63.4 cm³/mol. The highest BCUT2D eigenvalue weighted by molar-refractivity contribution is 4.84. The summed E-state index contributed by atoms with van der Waals surface area (Å²) < 4.78 is 11.4. The van der Waals surface area contributed by atoms with Gasteiger partial charge in [0.1, 0.15) is 0 Å². The molecule has 0 radical (unpaired) electrons. The molecule has 98 valence electrons. The zero-order valence-corrected chi connectivity index (χ0v) is 10.5. The van der Waals surface area contributed by atoms with Gasteiger partial charge in [-0.3, -0.25) is 4.84 Å². The Hall–Kier alpha value is -0.160. The van der Waals surface area contributed by atoms with E-state index in [0.717, 1.165) is 38.9 Å². The second-order valence-electron chi connectivity index (χ2n) is 5.52. The molecule has 0 aromatic rings. The van der Waals surface area contributed by atoms with Crippen molar-refractivity contribution in [2.24, 2.45) is 0 Å². The molecule has 3 rings (SSSR count). The van der Waals surface area contributed by atoms with Gasteiger partial charge in [-0.25, -0.2) is 0 Å². The van der Waals surface area contributed by atoms with Crippen molar-refractivity contribution in [2.75, 3.05) is 13.2 Å². The van der Waals surface area contributed by atoms with Crippen LogP contribution in [0.4, 0.5) is 0 Å². The Morgan fingerprint density at radius 3 is 2.24 bits per heavy atom. The van der Waals surface area contributed by atoms with Gasteiger partial charge in [-0.15, -0.1) is 0 Å². The van der Waals surface area contributed by atoms with Crippen LogP contribution in [0.3, 0.4) is 0 Å². The van der Waals surface area contributed by atoms with Gasteiger partial charge in [-0.2, -0.15) is 5.48 Å². The third-order valence-electron chi connectivity index (χ3n) is 4.26. The zero-order chi connectivity index (χ0) is 11.6. The van der Waals surface area contributed by atoms with E-state index in [-0.39, 0.29) is 5.79 Å². The van der Waals surface area contributed by atoms with Crippen molar-refractivity contribution in [1.29, 1.82) is 0 Å². The van der Waals surface area contributed by atoms with E-state index in [4.69, 9.17) is 14.3 Å². The van der Waals surface area contributed by atoms with Gasteiger partial charge in [-0.1, -0.05) is 12.8 Å². The van der Waals surface area contributed by atoms with Crippen LogP contribution >= 0.6 is 0 Å². The molecule has 0 aromatic carbocycles. The standard InChI is InChI=1S/C13H23NO3/c1-2-4-12(3-1)17-14-11-5-7-13(8-6-11)15-9-10-16-13/h11-12,14H,1-10H2. The summed E-state index contributed by atoms with van der Waals surface area (Å²) in [4.78, 5) is 5.76. The summed E-state index contributed by atoms with van der Waals surface area (Å²) in [5, 5.41) is 0. The summed E-state index contributed by atoms with van der Waals surface area (Å²) in [5.41, 5.74) is 3.26. The van der Waals surface area contributed by atoms with Crippen LogP contribution in [0.1, 0.15) is 51.4 Å². The number of ether oxygens (including phenoxy) is 2. The number of nitrogens with one attached hydrogen (secondary N) is 1. The molecule has 0 atom stereocenters. The molecule has 0 bridgehead atoms. The van der Waals surface area contributed by atoms with Crippen LogP contribution in [0, 0.1) is 0 Å². The van der Waals surface area contributed by atoms with Crippen LogP contribution in [0.5, 0.6) is 0 Å². The number of hydrogen-bond donors (Lipinski definition) is 1. The fourth-order valence-electron chi connectivity index (χ4n) is 3.16.